The first-order chi connectivity index (χ1) is 6.15. The molecule has 0 bridgehead atoms. The summed E-state index contributed by atoms with van der Waals surface area (Å²) in [5.74, 6) is 1.65. The number of aliphatic hydroxyl groups is 1. The van der Waals surface area contributed by atoms with Gasteiger partial charge in [0, 0.05) is 19.2 Å². The van der Waals surface area contributed by atoms with Gasteiger partial charge in [0.1, 0.15) is 11.5 Å². The third kappa shape index (κ3) is 1.68. The number of nitrogens with zero attached hydrogens (tertiary/aromatic N) is 1. The number of aryl methyl sites for hydroxylation is 1. The second-order valence-corrected chi connectivity index (χ2v) is 3.58. The van der Waals surface area contributed by atoms with Gasteiger partial charge in [0.05, 0.1) is 18.3 Å². The van der Waals surface area contributed by atoms with Crippen LogP contribution in [0.3, 0.4) is 0 Å². The summed E-state index contributed by atoms with van der Waals surface area (Å²) >= 11 is 0. The number of rotatable bonds is 2. The van der Waals surface area contributed by atoms with Gasteiger partial charge in [0.2, 0.25) is 0 Å². The van der Waals surface area contributed by atoms with Gasteiger partial charge in [0.25, 0.3) is 0 Å². The summed E-state index contributed by atoms with van der Waals surface area (Å²) in [6, 6.07) is 1.82. The van der Waals surface area contributed by atoms with E-state index in [1.165, 1.54) is 0 Å². The van der Waals surface area contributed by atoms with Crippen molar-refractivity contribution in [1.29, 1.82) is 0 Å². The molecule has 2 rings (SSSR count). The Balaban J connectivity index is 1.98. The van der Waals surface area contributed by atoms with Crippen LogP contribution < -0.4 is 5.73 Å². The first-order valence-electron chi connectivity index (χ1n) is 4.40. The van der Waals surface area contributed by atoms with Crippen LogP contribution in [0.15, 0.2) is 10.5 Å². The topological polar surface area (TPSA) is 62.6 Å². The summed E-state index contributed by atoms with van der Waals surface area (Å²) in [4.78, 5) is 2.10. The highest BCUT2D eigenvalue weighted by atomic mass is 16.3. The first kappa shape index (κ1) is 8.59. The zero-order valence-electron chi connectivity index (χ0n) is 7.66. The fraction of sp³-hybridized carbons (Fsp3) is 0.556. The van der Waals surface area contributed by atoms with Gasteiger partial charge in [-0.2, -0.15) is 0 Å². The zero-order chi connectivity index (χ0) is 9.42. The van der Waals surface area contributed by atoms with E-state index in [1.54, 1.807) is 0 Å². The van der Waals surface area contributed by atoms with Crippen molar-refractivity contribution in [3.05, 3.63) is 17.6 Å². The van der Waals surface area contributed by atoms with E-state index in [-0.39, 0.29) is 6.10 Å². The van der Waals surface area contributed by atoms with Crippen LogP contribution in [0, 0.1) is 6.92 Å². The van der Waals surface area contributed by atoms with Gasteiger partial charge in [-0.15, -0.1) is 0 Å². The SMILES string of the molecule is Cc1cc(N)c(CN2CC(O)C2)o1. The lowest BCUT2D eigenvalue weighted by Crippen LogP contribution is -2.49. The molecule has 0 aliphatic carbocycles. The van der Waals surface area contributed by atoms with E-state index < -0.39 is 0 Å². The lowest BCUT2D eigenvalue weighted by atomic mass is 10.1. The van der Waals surface area contributed by atoms with Crippen LogP contribution >= 0.6 is 0 Å². The third-order valence-electron chi connectivity index (χ3n) is 2.27. The van der Waals surface area contributed by atoms with E-state index in [2.05, 4.69) is 4.90 Å². The second kappa shape index (κ2) is 3.05. The highest BCUT2D eigenvalue weighted by Crippen LogP contribution is 2.21. The van der Waals surface area contributed by atoms with Crippen LogP contribution in [-0.4, -0.2) is 29.2 Å². The van der Waals surface area contributed by atoms with E-state index >= 15 is 0 Å². The molecule has 1 aromatic rings. The fourth-order valence-corrected chi connectivity index (χ4v) is 1.58. The number of hydrogen-bond donors (Lipinski definition) is 2. The summed E-state index contributed by atoms with van der Waals surface area (Å²) in [5.41, 5.74) is 6.43. The van der Waals surface area contributed by atoms with Crippen LogP contribution in [-0.2, 0) is 6.54 Å². The number of nitrogens with two attached hydrogens (primary N) is 1. The Kier molecular flexibility index (Phi) is 2.01. The largest absolute Gasteiger partial charge is 0.463 e. The number of anilines is 1. The average molecular weight is 182 g/mol. The van der Waals surface area contributed by atoms with Gasteiger partial charge in [-0.3, -0.25) is 4.90 Å². The van der Waals surface area contributed by atoms with Crippen molar-refractivity contribution < 1.29 is 9.52 Å². The maximum atomic E-state index is 9.07. The Morgan fingerprint density at radius 1 is 1.69 bits per heavy atom. The van der Waals surface area contributed by atoms with Crippen LogP contribution in [0.25, 0.3) is 0 Å². The van der Waals surface area contributed by atoms with Crippen LogP contribution in [0.1, 0.15) is 11.5 Å². The quantitative estimate of drug-likeness (QED) is 0.692. The van der Waals surface area contributed by atoms with E-state index in [1.807, 2.05) is 13.0 Å². The Hall–Kier alpha value is -1.00. The van der Waals surface area contributed by atoms with Gasteiger partial charge in [0.15, 0.2) is 0 Å². The molecule has 0 atom stereocenters. The number of furan rings is 1. The van der Waals surface area contributed by atoms with Gasteiger partial charge in [-0.05, 0) is 6.92 Å². The predicted molar refractivity (Wildman–Crippen MR) is 49.1 cm³/mol. The summed E-state index contributed by atoms with van der Waals surface area (Å²) in [7, 11) is 0. The number of nitrogen functional groups attached to an aromatic ring is 1. The smallest absolute Gasteiger partial charge is 0.140 e. The van der Waals surface area contributed by atoms with E-state index in [4.69, 9.17) is 15.3 Å². The monoisotopic (exact) mass is 182 g/mol. The molecule has 1 saturated heterocycles. The number of hydrogen-bond acceptors (Lipinski definition) is 4. The molecule has 4 nitrogen and oxygen atoms in total. The van der Waals surface area contributed by atoms with Crippen molar-refractivity contribution >= 4 is 5.69 Å². The van der Waals surface area contributed by atoms with E-state index in [9.17, 15) is 0 Å². The number of likely N-dealkylation sites (tertiary alicyclic amines) is 1. The summed E-state index contributed by atoms with van der Waals surface area (Å²) in [6.45, 7) is 4.03. The maximum absolute atomic E-state index is 9.07. The second-order valence-electron chi connectivity index (χ2n) is 3.58. The number of aliphatic hydroxyl groups excluding tert-OH is 1. The van der Waals surface area contributed by atoms with Crippen molar-refractivity contribution in [2.45, 2.75) is 19.6 Å². The van der Waals surface area contributed by atoms with Gasteiger partial charge < -0.3 is 15.3 Å². The predicted octanol–water partition coefficient (Wildman–Crippen LogP) is 0.347. The molecule has 3 N–H and O–H groups in total. The molecule has 0 unspecified atom stereocenters. The van der Waals surface area contributed by atoms with E-state index in [0.29, 0.717) is 12.2 Å². The maximum Gasteiger partial charge on any atom is 0.140 e. The van der Waals surface area contributed by atoms with Crippen molar-refractivity contribution in [2.24, 2.45) is 0 Å². The normalized spacial score (nSPS) is 18.9. The van der Waals surface area contributed by atoms with Crippen molar-refractivity contribution in [2.75, 3.05) is 18.8 Å². The van der Waals surface area contributed by atoms with Crippen LogP contribution in [0.4, 0.5) is 5.69 Å². The summed E-state index contributed by atoms with van der Waals surface area (Å²) < 4.78 is 5.41. The molecule has 72 valence electrons. The molecular weight excluding hydrogens is 168 g/mol. The molecule has 0 spiro atoms. The molecule has 0 aromatic carbocycles. The zero-order valence-corrected chi connectivity index (χ0v) is 7.66. The molecule has 0 amide bonds. The van der Waals surface area contributed by atoms with Gasteiger partial charge >= 0.3 is 0 Å². The summed E-state index contributed by atoms with van der Waals surface area (Å²) in [6.07, 6.45) is -0.169. The molecular formula is C9H14N2O2. The molecule has 13 heavy (non-hydrogen) atoms. The van der Waals surface area contributed by atoms with Crippen LogP contribution in [0.5, 0.6) is 0 Å². The molecule has 0 saturated carbocycles. The number of β-amino-alcohol motifs (C(OH)–C–C–N with tert-alkyl or cyclic N) is 1. The summed E-state index contributed by atoms with van der Waals surface area (Å²) in [5, 5.41) is 9.07. The molecule has 1 aliphatic rings. The van der Waals surface area contributed by atoms with Crippen molar-refractivity contribution in [1.82, 2.24) is 4.90 Å². The molecule has 0 radical (unpaired) electrons. The Labute approximate surface area is 76.9 Å². The average Bonchev–Trinajstić information content (AvgIpc) is 2.27. The van der Waals surface area contributed by atoms with Crippen LogP contribution in [0.2, 0.25) is 0 Å². The minimum absolute atomic E-state index is 0.169. The Morgan fingerprint density at radius 3 is 2.85 bits per heavy atom. The molecule has 1 aliphatic heterocycles. The lowest BCUT2D eigenvalue weighted by molar-refractivity contribution is -0.00622. The molecule has 1 fully saturated rings. The standard InChI is InChI=1S/C9H14N2O2/c1-6-2-8(10)9(13-6)5-11-3-7(12)4-11/h2,7,12H,3-5,10H2,1H3. The van der Waals surface area contributed by atoms with Crippen molar-refractivity contribution in [3.8, 4) is 0 Å². The van der Waals surface area contributed by atoms with E-state index in [0.717, 1.165) is 24.6 Å². The molecule has 1 aromatic heterocycles. The highest BCUT2D eigenvalue weighted by Gasteiger charge is 2.25. The van der Waals surface area contributed by atoms with Gasteiger partial charge in [-0.1, -0.05) is 0 Å². The van der Waals surface area contributed by atoms with Crippen molar-refractivity contribution in [3.63, 3.8) is 0 Å². The minimum Gasteiger partial charge on any atom is -0.463 e. The Bertz CT molecular complexity index is 303. The van der Waals surface area contributed by atoms with Gasteiger partial charge in [-0.25, -0.2) is 0 Å². The Morgan fingerprint density at radius 2 is 2.38 bits per heavy atom. The fourth-order valence-electron chi connectivity index (χ4n) is 1.58. The molecule has 2 heterocycles. The first-order valence-corrected chi connectivity index (χ1v) is 4.40. The third-order valence-corrected chi connectivity index (χ3v) is 2.27. The molecule has 4 heteroatoms. The minimum atomic E-state index is -0.169. The lowest BCUT2D eigenvalue weighted by Gasteiger charge is -2.35. The highest BCUT2D eigenvalue weighted by molar-refractivity contribution is 5.42.